The SMILES string of the molecule is CN=C(NCCc1ccc(Cl)nc1)NCc1c(C)cc(C)cc1C.I. The van der Waals surface area contributed by atoms with Crippen LogP contribution in [0.1, 0.15) is 27.8 Å². The molecule has 0 aliphatic carbocycles. The first-order chi connectivity index (χ1) is 11.5. The van der Waals surface area contributed by atoms with E-state index in [1.807, 2.05) is 12.1 Å². The van der Waals surface area contributed by atoms with Gasteiger partial charge in [0.25, 0.3) is 0 Å². The lowest BCUT2D eigenvalue weighted by Gasteiger charge is -2.15. The molecule has 2 N–H and O–H groups in total. The van der Waals surface area contributed by atoms with Crippen LogP contribution in [-0.2, 0) is 13.0 Å². The third kappa shape index (κ3) is 6.82. The third-order valence-corrected chi connectivity index (χ3v) is 4.21. The Morgan fingerprint density at radius 3 is 2.36 bits per heavy atom. The fourth-order valence-electron chi connectivity index (χ4n) is 2.76. The van der Waals surface area contributed by atoms with Crippen LogP contribution >= 0.6 is 35.6 Å². The smallest absolute Gasteiger partial charge is 0.191 e. The van der Waals surface area contributed by atoms with E-state index in [0.29, 0.717) is 5.15 Å². The van der Waals surface area contributed by atoms with Gasteiger partial charge in [-0.25, -0.2) is 4.98 Å². The van der Waals surface area contributed by atoms with Gasteiger partial charge in [-0.3, -0.25) is 4.99 Å². The highest BCUT2D eigenvalue weighted by Gasteiger charge is 2.05. The van der Waals surface area contributed by atoms with Crippen molar-refractivity contribution in [3.63, 3.8) is 0 Å². The van der Waals surface area contributed by atoms with Crippen molar-refractivity contribution in [3.05, 3.63) is 63.4 Å². The van der Waals surface area contributed by atoms with Crippen molar-refractivity contribution in [2.24, 2.45) is 4.99 Å². The molecule has 0 aliphatic rings. The Morgan fingerprint density at radius 1 is 1.12 bits per heavy atom. The number of hydrogen-bond acceptors (Lipinski definition) is 2. The highest BCUT2D eigenvalue weighted by Crippen LogP contribution is 2.15. The average molecular weight is 473 g/mol. The van der Waals surface area contributed by atoms with Gasteiger partial charge >= 0.3 is 0 Å². The van der Waals surface area contributed by atoms with Crippen LogP contribution in [0.25, 0.3) is 0 Å². The zero-order chi connectivity index (χ0) is 17.5. The fourth-order valence-corrected chi connectivity index (χ4v) is 2.87. The van der Waals surface area contributed by atoms with E-state index in [2.05, 4.69) is 53.5 Å². The van der Waals surface area contributed by atoms with Crippen LogP contribution in [0.4, 0.5) is 0 Å². The number of pyridine rings is 1. The molecule has 0 aliphatic heterocycles. The maximum Gasteiger partial charge on any atom is 0.191 e. The summed E-state index contributed by atoms with van der Waals surface area (Å²) in [6.07, 6.45) is 2.67. The first-order valence-electron chi connectivity index (χ1n) is 8.11. The van der Waals surface area contributed by atoms with Crippen LogP contribution in [0.3, 0.4) is 0 Å². The standard InChI is InChI=1S/C19H25ClN4.HI/c1-13-9-14(2)17(15(3)10-13)12-24-19(21-4)22-8-7-16-5-6-18(20)23-11-16;/h5-6,9-11H,7-8,12H2,1-4H3,(H2,21,22,24);1H. The number of rotatable bonds is 5. The molecule has 0 atom stereocenters. The summed E-state index contributed by atoms with van der Waals surface area (Å²) in [4.78, 5) is 8.37. The Hall–Kier alpha value is -1.34. The van der Waals surface area contributed by atoms with Crippen LogP contribution < -0.4 is 10.6 Å². The topological polar surface area (TPSA) is 49.3 Å². The molecule has 0 bridgehead atoms. The number of benzene rings is 1. The van der Waals surface area contributed by atoms with E-state index in [0.717, 1.165) is 31.0 Å². The Balaban J connectivity index is 0.00000312. The Kier molecular flexibility index (Phi) is 9.21. The van der Waals surface area contributed by atoms with Crippen molar-refractivity contribution < 1.29 is 0 Å². The first-order valence-corrected chi connectivity index (χ1v) is 8.49. The van der Waals surface area contributed by atoms with Gasteiger partial charge in [-0.2, -0.15) is 0 Å². The number of nitrogens with zero attached hydrogens (tertiary/aromatic N) is 2. The molecule has 2 rings (SSSR count). The van der Waals surface area contributed by atoms with Crippen LogP contribution in [0, 0.1) is 20.8 Å². The molecule has 0 amide bonds. The van der Waals surface area contributed by atoms with Crippen LogP contribution in [0.15, 0.2) is 35.5 Å². The number of hydrogen-bond donors (Lipinski definition) is 2. The molecule has 0 fully saturated rings. The number of aliphatic imine (C=N–C) groups is 1. The van der Waals surface area contributed by atoms with Crippen molar-refractivity contribution in [2.45, 2.75) is 33.7 Å². The average Bonchev–Trinajstić information content (AvgIpc) is 2.54. The minimum atomic E-state index is 0. The van der Waals surface area contributed by atoms with Crippen molar-refractivity contribution in [3.8, 4) is 0 Å². The van der Waals surface area contributed by atoms with Gasteiger partial charge in [0.15, 0.2) is 5.96 Å². The number of guanidine groups is 1. The zero-order valence-electron chi connectivity index (χ0n) is 15.2. The summed E-state index contributed by atoms with van der Waals surface area (Å²) in [6, 6.07) is 8.24. The Morgan fingerprint density at radius 2 is 1.80 bits per heavy atom. The van der Waals surface area contributed by atoms with Gasteiger partial charge < -0.3 is 10.6 Å². The van der Waals surface area contributed by atoms with Crippen molar-refractivity contribution in [1.29, 1.82) is 0 Å². The molecule has 6 heteroatoms. The second-order valence-electron chi connectivity index (χ2n) is 5.97. The van der Waals surface area contributed by atoms with E-state index >= 15 is 0 Å². The first kappa shape index (κ1) is 21.7. The lowest BCUT2D eigenvalue weighted by molar-refractivity contribution is 0.788. The van der Waals surface area contributed by atoms with Crippen molar-refractivity contribution >= 4 is 41.5 Å². The number of aryl methyl sites for hydroxylation is 3. The van der Waals surface area contributed by atoms with E-state index in [4.69, 9.17) is 11.6 Å². The molecule has 0 spiro atoms. The summed E-state index contributed by atoms with van der Waals surface area (Å²) in [6.45, 7) is 7.99. The highest BCUT2D eigenvalue weighted by molar-refractivity contribution is 14.0. The molecule has 1 aromatic carbocycles. The molecule has 0 unspecified atom stereocenters. The van der Waals surface area contributed by atoms with E-state index in [9.17, 15) is 0 Å². The minimum absolute atomic E-state index is 0. The molecular formula is C19H26ClIN4. The number of nitrogens with one attached hydrogen (secondary N) is 2. The molecule has 1 heterocycles. The van der Waals surface area contributed by atoms with Gasteiger partial charge in [-0.1, -0.05) is 35.4 Å². The molecular weight excluding hydrogens is 447 g/mol. The highest BCUT2D eigenvalue weighted by atomic mass is 127. The summed E-state index contributed by atoms with van der Waals surface area (Å²) in [7, 11) is 1.79. The third-order valence-electron chi connectivity index (χ3n) is 3.99. The van der Waals surface area contributed by atoms with Gasteiger partial charge in [0.05, 0.1) is 0 Å². The molecule has 0 saturated heterocycles. The van der Waals surface area contributed by atoms with Crippen LogP contribution in [0.2, 0.25) is 5.15 Å². The predicted octanol–water partition coefficient (Wildman–Crippen LogP) is 4.19. The molecule has 136 valence electrons. The van der Waals surface area contributed by atoms with Gasteiger partial charge in [0, 0.05) is 26.3 Å². The summed E-state index contributed by atoms with van der Waals surface area (Å²) >= 11 is 5.80. The van der Waals surface area contributed by atoms with Gasteiger partial charge in [0.1, 0.15) is 5.15 Å². The van der Waals surface area contributed by atoms with Gasteiger partial charge in [-0.15, -0.1) is 24.0 Å². The second kappa shape index (κ2) is 10.6. The summed E-state index contributed by atoms with van der Waals surface area (Å²) in [5, 5.41) is 7.24. The van der Waals surface area contributed by atoms with E-state index in [1.165, 1.54) is 22.3 Å². The Labute approximate surface area is 172 Å². The minimum Gasteiger partial charge on any atom is -0.356 e. The van der Waals surface area contributed by atoms with Crippen molar-refractivity contribution in [2.75, 3.05) is 13.6 Å². The van der Waals surface area contributed by atoms with Crippen LogP contribution in [0.5, 0.6) is 0 Å². The molecule has 4 nitrogen and oxygen atoms in total. The summed E-state index contributed by atoms with van der Waals surface area (Å²) < 4.78 is 0. The maximum atomic E-state index is 5.80. The zero-order valence-corrected chi connectivity index (χ0v) is 18.3. The van der Waals surface area contributed by atoms with Crippen molar-refractivity contribution in [1.82, 2.24) is 15.6 Å². The Bertz CT molecular complexity index is 691. The molecule has 2 aromatic rings. The number of aromatic nitrogens is 1. The van der Waals surface area contributed by atoms with E-state index in [-0.39, 0.29) is 24.0 Å². The lowest BCUT2D eigenvalue weighted by Crippen LogP contribution is -2.38. The van der Waals surface area contributed by atoms with Gasteiger partial charge in [0.2, 0.25) is 0 Å². The normalized spacial score (nSPS) is 11.0. The quantitative estimate of drug-likeness (QED) is 0.297. The fraction of sp³-hybridized carbons (Fsp3) is 0.368. The summed E-state index contributed by atoms with van der Waals surface area (Å²) in [5.74, 6) is 0.802. The van der Waals surface area contributed by atoms with Crippen LogP contribution in [-0.4, -0.2) is 24.5 Å². The van der Waals surface area contributed by atoms with Gasteiger partial charge in [-0.05, 0) is 55.5 Å². The van der Waals surface area contributed by atoms with E-state index in [1.54, 1.807) is 13.2 Å². The molecule has 0 radical (unpaired) electrons. The maximum absolute atomic E-state index is 5.80. The molecule has 0 saturated carbocycles. The summed E-state index contributed by atoms with van der Waals surface area (Å²) in [5.41, 5.74) is 6.39. The second-order valence-corrected chi connectivity index (χ2v) is 6.36. The molecule has 1 aromatic heterocycles. The lowest BCUT2D eigenvalue weighted by atomic mass is 10.00. The largest absolute Gasteiger partial charge is 0.356 e. The van der Waals surface area contributed by atoms with E-state index < -0.39 is 0 Å². The predicted molar refractivity (Wildman–Crippen MR) is 117 cm³/mol. The molecule has 25 heavy (non-hydrogen) atoms. The number of halogens is 2. The monoisotopic (exact) mass is 472 g/mol.